The molecule has 0 saturated carbocycles. The quantitative estimate of drug-likeness (QED) is 0.317. The maximum absolute atomic E-state index is 13.7. The molecule has 0 aliphatic carbocycles. The molecule has 214 valence electrons. The Morgan fingerprint density at radius 1 is 0.950 bits per heavy atom. The Balaban J connectivity index is 1.83. The Morgan fingerprint density at radius 3 is 2.15 bits per heavy atom. The van der Waals surface area contributed by atoms with E-state index in [0.29, 0.717) is 18.0 Å². The molecule has 1 N–H and O–H groups in total. The molecule has 3 rings (SSSR count). The van der Waals surface area contributed by atoms with Gasteiger partial charge in [0, 0.05) is 16.6 Å². The second-order valence-corrected chi connectivity index (χ2v) is 13.4. The third kappa shape index (κ3) is 9.38. The Kier molecular flexibility index (Phi) is 10.4. The number of hydrogen-bond donors (Lipinski definition) is 1. The highest BCUT2D eigenvalue weighted by Crippen LogP contribution is 2.23. The molecule has 1 atom stereocenters. The lowest BCUT2D eigenvalue weighted by molar-refractivity contribution is -0.140. The van der Waals surface area contributed by atoms with Crippen molar-refractivity contribution in [2.24, 2.45) is 0 Å². The number of benzene rings is 3. The van der Waals surface area contributed by atoms with Crippen molar-refractivity contribution in [2.45, 2.75) is 52.4 Å². The number of sulfonamides is 1. The van der Waals surface area contributed by atoms with Crippen LogP contribution in [0.25, 0.3) is 0 Å². The number of amides is 2. The van der Waals surface area contributed by atoms with Crippen LogP contribution in [-0.4, -0.2) is 49.5 Å². The lowest BCUT2D eigenvalue weighted by Gasteiger charge is -2.33. The van der Waals surface area contributed by atoms with Gasteiger partial charge in [-0.25, -0.2) is 8.42 Å². The average molecular weight is 631 g/mol. The zero-order chi connectivity index (χ0) is 29.5. The van der Waals surface area contributed by atoms with E-state index in [1.165, 1.54) is 4.90 Å². The van der Waals surface area contributed by atoms with Crippen LogP contribution in [-0.2, 0) is 32.8 Å². The smallest absolute Gasteiger partial charge is 0.244 e. The zero-order valence-corrected chi connectivity index (χ0v) is 25.8. The van der Waals surface area contributed by atoms with E-state index in [0.717, 1.165) is 26.2 Å². The molecule has 0 aliphatic rings. The van der Waals surface area contributed by atoms with Gasteiger partial charge in [0.2, 0.25) is 21.8 Å². The SMILES string of the molecule is CC(C(=O)NC(C)(C)C)N(Cc1cccc(Br)c1)C(=O)CN(c1ccc(OCc2ccccc2)cc1)S(C)(=O)=O. The summed E-state index contributed by atoms with van der Waals surface area (Å²) in [5.41, 5.74) is 1.62. The summed E-state index contributed by atoms with van der Waals surface area (Å²) in [5.74, 6) is -0.274. The first kappa shape index (κ1) is 31.2. The summed E-state index contributed by atoms with van der Waals surface area (Å²) >= 11 is 3.44. The normalized spacial score (nSPS) is 12.3. The van der Waals surface area contributed by atoms with Gasteiger partial charge < -0.3 is 15.0 Å². The molecule has 10 heteroatoms. The molecule has 0 radical (unpaired) electrons. The fraction of sp³-hybridized carbons (Fsp3) is 0.333. The first-order chi connectivity index (χ1) is 18.7. The predicted octanol–water partition coefficient (Wildman–Crippen LogP) is 5.13. The number of hydrogen-bond acceptors (Lipinski definition) is 5. The first-order valence-electron chi connectivity index (χ1n) is 12.8. The van der Waals surface area contributed by atoms with E-state index < -0.39 is 34.1 Å². The van der Waals surface area contributed by atoms with Gasteiger partial charge in [0.25, 0.3) is 0 Å². The predicted molar refractivity (Wildman–Crippen MR) is 161 cm³/mol. The number of carbonyl (C=O) groups excluding carboxylic acids is 2. The molecule has 1 unspecified atom stereocenters. The van der Waals surface area contributed by atoms with Gasteiger partial charge in [0.1, 0.15) is 24.9 Å². The number of rotatable bonds is 11. The number of nitrogens with zero attached hydrogens (tertiary/aromatic N) is 2. The molecule has 3 aromatic carbocycles. The lowest BCUT2D eigenvalue weighted by Crippen LogP contribution is -2.54. The number of halogens is 1. The van der Waals surface area contributed by atoms with E-state index in [-0.39, 0.29) is 12.5 Å². The van der Waals surface area contributed by atoms with E-state index >= 15 is 0 Å². The Morgan fingerprint density at radius 2 is 1.57 bits per heavy atom. The van der Waals surface area contributed by atoms with Crippen molar-refractivity contribution >= 4 is 43.5 Å². The summed E-state index contributed by atoms with van der Waals surface area (Å²) in [5, 5.41) is 2.91. The fourth-order valence-electron chi connectivity index (χ4n) is 3.95. The fourth-order valence-corrected chi connectivity index (χ4v) is 5.25. The average Bonchev–Trinajstić information content (AvgIpc) is 2.88. The summed E-state index contributed by atoms with van der Waals surface area (Å²) in [6.45, 7) is 7.24. The Hall–Kier alpha value is -3.37. The maximum atomic E-state index is 13.7. The van der Waals surface area contributed by atoms with Gasteiger partial charge in [-0.2, -0.15) is 0 Å². The highest BCUT2D eigenvalue weighted by molar-refractivity contribution is 9.10. The van der Waals surface area contributed by atoms with Gasteiger partial charge in [-0.3, -0.25) is 13.9 Å². The number of anilines is 1. The summed E-state index contributed by atoms with van der Waals surface area (Å²) in [4.78, 5) is 28.2. The van der Waals surface area contributed by atoms with Crippen molar-refractivity contribution in [1.82, 2.24) is 10.2 Å². The van der Waals surface area contributed by atoms with E-state index in [1.54, 1.807) is 31.2 Å². The highest BCUT2D eigenvalue weighted by Gasteiger charge is 2.31. The minimum Gasteiger partial charge on any atom is -0.489 e. The van der Waals surface area contributed by atoms with Crippen LogP contribution in [0.2, 0.25) is 0 Å². The molecule has 0 aliphatic heterocycles. The molecule has 0 spiro atoms. The lowest BCUT2D eigenvalue weighted by atomic mass is 10.1. The van der Waals surface area contributed by atoms with Crippen molar-refractivity contribution in [1.29, 1.82) is 0 Å². The molecule has 0 aromatic heterocycles. The molecule has 0 saturated heterocycles. The summed E-state index contributed by atoms with van der Waals surface area (Å²) in [6.07, 6.45) is 1.05. The molecule has 0 fully saturated rings. The first-order valence-corrected chi connectivity index (χ1v) is 15.5. The van der Waals surface area contributed by atoms with Gasteiger partial charge in [0.05, 0.1) is 11.9 Å². The number of carbonyl (C=O) groups is 2. The van der Waals surface area contributed by atoms with Crippen LogP contribution in [0.4, 0.5) is 5.69 Å². The molecule has 3 aromatic rings. The summed E-state index contributed by atoms with van der Waals surface area (Å²) < 4.78 is 33.3. The molecule has 40 heavy (non-hydrogen) atoms. The summed E-state index contributed by atoms with van der Waals surface area (Å²) in [6, 6.07) is 22.8. The second kappa shape index (κ2) is 13.3. The molecule has 0 heterocycles. The standard InChI is InChI=1S/C30H36BrN3O5S/c1-22(29(36)32-30(2,3)4)33(19-24-12-9-13-25(31)18-24)28(35)20-34(40(5,37)38)26-14-16-27(17-15-26)39-21-23-10-7-6-8-11-23/h6-18,22H,19-21H2,1-5H3,(H,32,36). The molecule has 0 bridgehead atoms. The van der Waals surface area contributed by atoms with Gasteiger partial charge >= 0.3 is 0 Å². The van der Waals surface area contributed by atoms with Crippen molar-refractivity contribution in [3.05, 3.63) is 94.5 Å². The van der Waals surface area contributed by atoms with Crippen molar-refractivity contribution < 1.29 is 22.7 Å². The number of ether oxygens (including phenoxy) is 1. The van der Waals surface area contributed by atoms with Crippen LogP contribution >= 0.6 is 15.9 Å². The van der Waals surface area contributed by atoms with Crippen molar-refractivity contribution in [3.63, 3.8) is 0 Å². The van der Waals surface area contributed by atoms with Crippen molar-refractivity contribution in [3.8, 4) is 5.75 Å². The second-order valence-electron chi connectivity index (χ2n) is 10.6. The van der Waals surface area contributed by atoms with Crippen LogP contribution in [0.5, 0.6) is 5.75 Å². The van der Waals surface area contributed by atoms with Crippen LogP contribution in [0.1, 0.15) is 38.8 Å². The van der Waals surface area contributed by atoms with E-state index in [1.807, 2.05) is 75.4 Å². The van der Waals surface area contributed by atoms with Gasteiger partial charge in [-0.05, 0) is 75.2 Å². The largest absolute Gasteiger partial charge is 0.489 e. The van der Waals surface area contributed by atoms with Crippen molar-refractivity contribution in [2.75, 3.05) is 17.1 Å². The maximum Gasteiger partial charge on any atom is 0.244 e. The molecular formula is C30H36BrN3O5S. The minimum atomic E-state index is -3.83. The number of nitrogens with one attached hydrogen (secondary N) is 1. The van der Waals surface area contributed by atoms with Crippen LogP contribution in [0.3, 0.4) is 0 Å². The highest BCUT2D eigenvalue weighted by atomic mass is 79.9. The topological polar surface area (TPSA) is 96.0 Å². The Bertz CT molecular complexity index is 1410. The minimum absolute atomic E-state index is 0.126. The van der Waals surface area contributed by atoms with Crippen LogP contribution < -0.4 is 14.4 Å². The van der Waals surface area contributed by atoms with Gasteiger partial charge in [-0.1, -0.05) is 58.4 Å². The van der Waals surface area contributed by atoms with E-state index in [9.17, 15) is 18.0 Å². The van der Waals surface area contributed by atoms with Gasteiger partial charge in [-0.15, -0.1) is 0 Å². The third-order valence-electron chi connectivity index (χ3n) is 5.96. The van der Waals surface area contributed by atoms with Gasteiger partial charge in [0.15, 0.2) is 0 Å². The Labute approximate surface area is 245 Å². The molecule has 2 amide bonds. The van der Waals surface area contributed by atoms with E-state index in [4.69, 9.17) is 4.74 Å². The third-order valence-corrected chi connectivity index (χ3v) is 7.59. The molecule has 8 nitrogen and oxygen atoms in total. The monoisotopic (exact) mass is 629 g/mol. The zero-order valence-electron chi connectivity index (χ0n) is 23.4. The molecular weight excluding hydrogens is 594 g/mol. The summed E-state index contributed by atoms with van der Waals surface area (Å²) in [7, 11) is -3.83. The van der Waals surface area contributed by atoms with Crippen LogP contribution in [0.15, 0.2) is 83.3 Å². The van der Waals surface area contributed by atoms with Crippen LogP contribution in [0, 0.1) is 0 Å². The van der Waals surface area contributed by atoms with E-state index in [2.05, 4.69) is 21.2 Å².